The first-order valence-corrected chi connectivity index (χ1v) is 56.9. The van der Waals surface area contributed by atoms with Gasteiger partial charge in [-0.1, -0.05) is 102 Å². The quantitative estimate of drug-likeness (QED) is 0.0154. The van der Waals surface area contributed by atoms with Gasteiger partial charge in [-0.05, 0) is 133 Å². The third kappa shape index (κ3) is 87.4. The van der Waals surface area contributed by atoms with Gasteiger partial charge in [-0.25, -0.2) is 18.8 Å². The number of methoxy groups -OCH3 is 1. The largest absolute Gasteiger partial charge is 0.788 e. The molecule has 0 aliphatic heterocycles. The molecule has 4 unspecified atom stereocenters. The monoisotopic (exact) mass is 2020 g/mol. The molecular weight excluding hydrogens is 1870 g/mol. The highest BCUT2D eigenvalue weighted by atomic mass is 32.2. The van der Waals surface area contributed by atoms with Crippen LogP contribution >= 0.6 is 113 Å². The van der Waals surface area contributed by atoms with E-state index in [0.717, 1.165) is 177 Å². The zero-order valence-corrected chi connectivity index (χ0v) is 84.5. The summed E-state index contributed by atoms with van der Waals surface area (Å²) < 4.78 is 54.0. The molecule has 51 heteroatoms. The number of hydrogen-bond donors (Lipinski definition) is 10. The van der Waals surface area contributed by atoms with Crippen LogP contribution in [0.4, 0.5) is 9.59 Å². The van der Waals surface area contributed by atoms with Crippen LogP contribution in [0.15, 0.2) is 9.82 Å². The van der Waals surface area contributed by atoms with Gasteiger partial charge in [-0.3, -0.25) is 57.3 Å². The van der Waals surface area contributed by atoms with Crippen LogP contribution in [0.25, 0.3) is 0 Å². The van der Waals surface area contributed by atoms with Crippen molar-refractivity contribution in [3.63, 3.8) is 0 Å². The molecule has 0 radical (unpaired) electrons. The van der Waals surface area contributed by atoms with Crippen LogP contribution in [0.5, 0.6) is 0 Å². The van der Waals surface area contributed by atoms with E-state index in [2.05, 4.69) is 113 Å². The maximum Gasteiger partial charge on any atom is 0.409 e. The molecule has 0 aliphatic carbocycles. The molecule has 732 valence electrons. The predicted octanol–water partition coefficient (Wildman–Crippen LogP) is 10.9. The number of amides is 10. The molecule has 0 fully saturated rings. The Hall–Kier alpha value is -3.22. The fourth-order valence-electron chi connectivity index (χ4n) is 10.7. The molecule has 39 nitrogen and oxygen atoms in total. The van der Waals surface area contributed by atoms with Crippen molar-refractivity contribution in [2.45, 2.75) is 212 Å². The maximum absolute atomic E-state index is 12.8. The van der Waals surface area contributed by atoms with Crippen molar-refractivity contribution in [2.24, 2.45) is 9.82 Å². The van der Waals surface area contributed by atoms with E-state index in [9.17, 15) is 67.5 Å². The smallest absolute Gasteiger partial charge is 0.409 e. The summed E-state index contributed by atoms with van der Waals surface area (Å²) in [7, 11) is -7.27. The first-order valence-electron chi connectivity index (χ1n) is 42.8. The summed E-state index contributed by atoms with van der Waals surface area (Å²) in [6.07, 6.45) is 36.5. The molecule has 126 heavy (non-hydrogen) atoms. The average molecular weight is 2020 g/mol. The molecule has 0 bridgehead atoms. The van der Waals surface area contributed by atoms with Gasteiger partial charge in [-0.15, -0.1) is 9.82 Å². The number of thioether (sulfide) groups is 4. The maximum atomic E-state index is 12.8. The lowest BCUT2D eigenvalue weighted by Gasteiger charge is -2.26. The topological polar surface area (TPSA) is 540 Å². The van der Waals surface area contributed by atoms with Crippen LogP contribution in [0.3, 0.4) is 0 Å². The molecule has 0 rings (SSSR count). The third-order valence-corrected chi connectivity index (χ3v) is 27.5. The van der Waals surface area contributed by atoms with E-state index in [-0.39, 0.29) is 156 Å². The molecule has 0 aromatic carbocycles. The van der Waals surface area contributed by atoms with Crippen LogP contribution in [0.1, 0.15) is 212 Å². The Balaban J connectivity index is 0. The summed E-state index contributed by atoms with van der Waals surface area (Å²) in [5.74, 6) is 4.40. The van der Waals surface area contributed by atoms with Gasteiger partial charge < -0.3 is 104 Å². The fourth-order valence-corrected chi connectivity index (χ4v) is 18.2. The van der Waals surface area contributed by atoms with Gasteiger partial charge in [-0.2, -0.15) is 47.0 Å². The molecule has 0 aromatic rings. The first kappa shape index (κ1) is 125. The molecule has 0 spiro atoms. The van der Waals surface area contributed by atoms with Crippen LogP contribution in [0, 0.1) is 10.3 Å². The van der Waals surface area contributed by atoms with Crippen molar-refractivity contribution in [3.8, 4) is 0 Å². The number of nitrogens with one attached hydrogen (secondary N) is 10. The molecular formula is C75H144N14O25P8S4-4. The number of hydrogen-bond acceptors (Lipinski definition) is 33. The summed E-state index contributed by atoms with van der Waals surface area (Å²) in [5, 5.41) is 36.7. The number of unbranched alkanes of at least 4 members (excludes halogenated alkanes) is 20. The molecule has 0 heterocycles. The Morgan fingerprint density at radius 1 is 0.349 bits per heavy atom. The Morgan fingerprint density at radius 2 is 0.603 bits per heavy atom. The molecule has 0 saturated heterocycles. The van der Waals surface area contributed by atoms with Gasteiger partial charge in [0.15, 0.2) is 17.2 Å². The van der Waals surface area contributed by atoms with Crippen molar-refractivity contribution in [2.75, 3.05) is 178 Å². The zero-order chi connectivity index (χ0) is 93.7. The van der Waals surface area contributed by atoms with E-state index in [4.69, 9.17) is 42.6 Å². The molecule has 10 N–H and O–H groups in total. The molecule has 10 amide bonds. The minimum Gasteiger partial charge on any atom is -0.788 e. The normalized spacial score (nSPS) is 13.1. The van der Waals surface area contributed by atoms with E-state index in [0.29, 0.717) is 107 Å². The van der Waals surface area contributed by atoms with Gasteiger partial charge >= 0.3 is 12.2 Å². The van der Waals surface area contributed by atoms with E-state index >= 15 is 0 Å². The number of nitrogens with zero attached hydrogens (tertiary/aromatic N) is 4. The average Bonchev–Trinajstić information content (AvgIpc) is 0.945. The van der Waals surface area contributed by atoms with E-state index in [1.807, 2.05) is 6.92 Å². The summed E-state index contributed by atoms with van der Waals surface area (Å²) in [4.78, 5) is 179. The lowest BCUT2D eigenvalue weighted by molar-refractivity contribution is -0.208. The highest BCUT2D eigenvalue weighted by Crippen LogP contribution is 2.43. The highest BCUT2D eigenvalue weighted by molar-refractivity contribution is 8.00. The Kier molecular flexibility index (Phi) is 86.3. The number of rotatable bonds is 88. The second-order valence-corrected chi connectivity index (χ2v) is 40.8. The van der Waals surface area contributed by atoms with E-state index in [1.165, 1.54) is 16.9 Å². The SMILES string of the molecule is C=P([O-])(OCCCCCCSCC(=O)NCCCCCC(=O)NCCN(CCNC(=O)CCCCCNC(=O)CSCCCCCCOP(=C)([O-])ON=P)C(=O)OCCOCC)ON=P.C=P([O-])(OCCCCCCSCC(=O)NCCCCCC(=O)NCCN(CCNC(=O)CCCCCNC(=O)CSCCCCCCOP(=C)([O-])OP=N)C(=O)OC)OP=N. The number of ether oxygens (including phenoxy) is 3. The molecule has 4 atom stereocenters. The third-order valence-electron chi connectivity index (χ3n) is 17.3. The molecule has 0 aliphatic rings. The minimum absolute atomic E-state index is 0.0174. The summed E-state index contributed by atoms with van der Waals surface area (Å²) in [5.41, 5.74) is 0. The van der Waals surface area contributed by atoms with Crippen LogP contribution in [0.2, 0.25) is 0 Å². The second-order valence-electron chi connectivity index (χ2n) is 28.1. The van der Waals surface area contributed by atoms with Gasteiger partial charge in [0, 0.05) is 129 Å². The van der Waals surface area contributed by atoms with E-state index in [1.54, 1.807) is 47.0 Å². The predicted molar refractivity (Wildman–Crippen MR) is 510 cm³/mol. The van der Waals surface area contributed by atoms with Crippen molar-refractivity contribution in [1.29, 1.82) is 10.3 Å². The fraction of sp³-hybridized carbons (Fsp3) is 0.813. The van der Waals surface area contributed by atoms with Crippen molar-refractivity contribution >= 4 is 197 Å². The van der Waals surface area contributed by atoms with Gasteiger partial charge in [0.1, 0.15) is 6.61 Å². The van der Waals surface area contributed by atoms with Gasteiger partial charge in [0.2, 0.25) is 47.3 Å². The molecule has 0 aromatic heterocycles. The number of carbonyl (C=O) groups excluding carboxylic acids is 10. The van der Waals surface area contributed by atoms with Gasteiger partial charge in [0.05, 0.1) is 93.4 Å². The summed E-state index contributed by atoms with van der Waals surface area (Å²) in [6.45, 7) is 7.76. The van der Waals surface area contributed by atoms with Crippen LogP contribution in [-0.2, 0) is 88.5 Å². The van der Waals surface area contributed by atoms with Crippen molar-refractivity contribution in [3.05, 3.63) is 0 Å². The van der Waals surface area contributed by atoms with Crippen molar-refractivity contribution < 1.29 is 118 Å². The number of carbonyl (C=O) groups is 10. The lowest BCUT2D eigenvalue weighted by atomic mass is 10.2. The summed E-state index contributed by atoms with van der Waals surface area (Å²) in [6, 6.07) is 0. The standard InChI is InChI=1S/C39H75N7O13P4S2.C36H69N7O12P4S2/c1-4-54-29-30-55-39(51)46(25-23-42-35(47)19-11-9-13-21-40-37(49)33-64-31-17-7-5-15-27-56-62(2,52)58-44-60)26-24-43-36(48)20-12-10-14-22-41-38(50)34-65-32-18-8-6-16-28-57-63(3,53)59-45-61;1-51-36(48)43(24-22-41-32(44)18-10-8-12-20-39-34(46)30-60-28-16-6-4-14-26-52-58(2,49)54-56-37)25-23-42-33(45)19-11-9-13-21-40-35(47)31-61-29-17-7-5-15-27-53-59(3,50)55-57-38/h60-61H,2-34H2,1H3,(H4-2,40,41,42,43,47,48,49,50,52,53);37-38H,2-31H2,1H3,(H4-2,39,40,41,42,44,45,46,47,49,50)/q2*-2. The summed E-state index contributed by atoms with van der Waals surface area (Å²) >= 11 is 6.30. The lowest BCUT2D eigenvalue weighted by Crippen LogP contribution is -2.43. The van der Waals surface area contributed by atoms with Crippen LogP contribution in [-0.4, -0.2) is 272 Å². The minimum atomic E-state index is -3.39. The Bertz CT molecular complexity index is 3020. The van der Waals surface area contributed by atoms with Crippen molar-refractivity contribution in [1.82, 2.24) is 52.3 Å². The first-order chi connectivity index (χ1) is 60.5. The second kappa shape index (κ2) is 87.1. The van der Waals surface area contributed by atoms with Crippen LogP contribution < -0.4 is 62.1 Å². The molecule has 0 saturated carbocycles. The Labute approximate surface area is 772 Å². The highest BCUT2D eigenvalue weighted by Gasteiger charge is 2.19. The zero-order valence-electron chi connectivity index (χ0n) is 73.9. The van der Waals surface area contributed by atoms with E-state index < -0.39 is 42.5 Å². The van der Waals surface area contributed by atoms with Gasteiger partial charge in [0.25, 0.3) is 0 Å². The Morgan fingerprint density at radius 3 is 0.865 bits per heavy atom.